The number of halogens is 3. The number of alkyl halides is 3. The van der Waals surface area contributed by atoms with Crippen molar-refractivity contribution < 1.29 is 22.7 Å². The van der Waals surface area contributed by atoms with Gasteiger partial charge < -0.3 is 10.1 Å². The van der Waals surface area contributed by atoms with Crippen LogP contribution in [0.1, 0.15) is 18.4 Å². The van der Waals surface area contributed by atoms with Crippen molar-refractivity contribution in [3.8, 4) is 5.75 Å². The van der Waals surface area contributed by atoms with Crippen LogP contribution in [0, 0.1) is 5.92 Å². The summed E-state index contributed by atoms with van der Waals surface area (Å²) in [5, 5.41) is 2.47. The normalized spacial score (nSPS) is 15.3. The first kappa shape index (κ1) is 12.7. The van der Waals surface area contributed by atoms with E-state index in [0.717, 1.165) is 18.9 Å². The molecule has 1 amide bonds. The monoisotopic (exact) mass is 259 g/mol. The van der Waals surface area contributed by atoms with Crippen molar-refractivity contribution in [2.24, 2.45) is 5.92 Å². The highest BCUT2D eigenvalue weighted by Crippen LogP contribution is 2.38. The van der Waals surface area contributed by atoms with Crippen LogP contribution in [0.15, 0.2) is 18.2 Å². The molecule has 1 aromatic carbocycles. The van der Waals surface area contributed by atoms with E-state index in [9.17, 15) is 18.0 Å². The standard InChI is InChI=1S/C12H12F3NO2/c1-18-10-5-4-8(6-9(10)12(13,14)15)16-11(17)7-2-3-7/h4-7H,2-3H2,1H3,(H,16,17). The Bertz CT molecular complexity index is 467. The smallest absolute Gasteiger partial charge is 0.420 e. The van der Waals surface area contributed by atoms with Gasteiger partial charge in [-0.3, -0.25) is 4.79 Å². The molecule has 6 heteroatoms. The van der Waals surface area contributed by atoms with Gasteiger partial charge in [-0.2, -0.15) is 13.2 Å². The van der Waals surface area contributed by atoms with Gasteiger partial charge in [-0.05, 0) is 31.0 Å². The average molecular weight is 259 g/mol. The van der Waals surface area contributed by atoms with Crippen molar-refractivity contribution >= 4 is 11.6 Å². The molecule has 0 heterocycles. The molecule has 0 aliphatic heterocycles. The summed E-state index contributed by atoms with van der Waals surface area (Å²) in [6.45, 7) is 0. The molecule has 98 valence electrons. The summed E-state index contributed by atoms with van der Waals surface area (Å²) in [5.41, 5.74) is -0.751. The summed E-state index contributed by atoms with van der Waals surface area (Å²) in [5.74, 6) is -0.540. The molecule has 0 spiro atoms. The minimum absolute atomic E-state index is 0.0542. The predicted molar refractivity (Wildman–Crippen MR) is 59.3 cm³/mol. The molecule has 2 rings (SSSR count). The summed E-state index contributed by atoms with van der Waals surface area (Å²) in [6, 6.07) is 3.48. The van der Waals surface area contributed by atoms with Crippen LogP contribution in [0.4, 0.5) is 18.9 Å². The third-order valence-corrected chi connectivity index (χ3v) is 2.72. The third kappa shape index (κ3) is 2.75. The predicted octanol–water partition coefficient (Wildman–Crippen LogP) is 3.06. The Kier molecular flexibility index (Phi) is 3.19. The molecule has 1 saturated carbocycles. The van der Waals surface area contributed by atoms with Gasteiger partial charge in [-0.15, -0.1) is 0 Å². The minimum Gasteiger partial charge on any atom is -0.496 e. The van der Waals surface area contributed by atoms with Gasteiger partial charge in [0.15, 0.2) is 0 Å². The molecule has 0 bridgehead atoms. The first-order valence-electron chi connectivity index (χ1n) is 5.48. The van der Waals surface area contributed by atoms with Gasteiger partial charge in [-0.25, -0.2) is 0 Å². The number of nitrogens with one attached hydrogen (secondary N) is 1. The first-order valence-corrected chi connectivity index (χ1v) is 5.48. The van der Waals surface area contributed by atoms with Crippen molar-refractivity contribution in [3.05, 3.63) is 23.8 Å². The summed E-state index contributed by atoms with van der Waals surface area (Å²) in [7, 11) is 1.17. The SMILES string of the molecule is COc1ccc(NC(=O)C2CC2)cc1C(F)(F)F. The van der Waals surface area contributed by atoms with E-state index in [-0.39, 0.29) is 23.3 Å². The van der Waals surface area contributed by atoms with Gasteiger partial charge in [0.25, 0.3) is 0 Å². The largest absolute Gasteiger partial charge is 0.496 e. The second-order valence-corrected chi connectivity index (χ2v) is 4.18. The van der Waals surface area contributed by atoms with Crippen molar-refractivity contribution in [1.29, 1.82) is 0 Å². The summed E-state index contributed by atoms with van der Waals surface area (Å²) >= 11 is 0. The lowest BCUT2D eigenvalue weighted by Crippen LogP contribution is -2.14. The zero-order chi connectivity index (χ0) is 13.3. The van der Waals surface area contributed by atoms with Crippen molar-refractivity contribution in [1.82, 2.24) is 0 Å². The van der Waals surface area contributed by atoms with Crippen LogP contribution in [-0.2, 0) is 11.0 Å². The van der Waals surface area contributed by atoms with Crippen molar-refractivity contribution in [2.75, 3.05) is 12.4 Å². The molecule has 1 N–H and O–H groups in total. The number of rotatable bonds is 3. The molecule has 0 radical (unpaired) electrons. The fraction of sp³-hybridized carbons (Fsp3) is 0.417. The van der Waals surface area contributed by atoms with Crippen molar-refractivity contribution in [3.63, 3.8) is 0 Å². The molecule has 1 aliphatic rings. The Morgan fingerprint density at radius 1 is 1.39 bits per heavy atom. The number of hydrogen-bond acceptors (Lipinski definition) is 2. The van der Waals surface area contributed by atoms with Gasteiger partial charge in [0.1, 0.15) is 5.75 Å². The van der Waals surface area contributed by atoms with Gasteiger partial charge in [0, 0.05) is 11.6 Å². The zero-order valence-corrected chi connectivity index (χ0v) is 9.67. The van der Waals surface area contributed by atoms with Crippen LogP contribution in [-0.4, -0.2) is 13.0 Å². The summed E-state index contributed by atoms with van der Waals surface area (Å²) < 4.78 is 42.9. The summed E-state index contributed by atoms with van der Waals surface area (Å²) in [4.78, 5) is 11.5. The molecular formula is C12H12F3NO2. The Morgan fingerprint density at radius 2 is 2.06 bits per heavy atom. The second-order valence-electron chi connectivity index (χ2n) is 4.18. The molecule has 1 aliphatic carbocycles. The molecule has 0 atom stereocenters. The lowest BCUT2D eigenvalue weighted by atomic mass is 10.1. The Balaban J connectivity index is 2.24. The number of methoxy groups -OCH3 is 1. The molecule has 0 unspecified atom stereocenters. The number of benzene rings is 1. The Labute approximate surface area is 102 Å². The summed E-state index contributed by atoms with van der Waals surface area (Å²) in [6.07, 6.45) is -2.91. The molecule has 1 aromatic rings. The van der Waals surface area contributed by atoms with E-state index in [2.05, 4.69) is 10.1 Å². The zero-order valence-electron chi connectivity index (χ0n) is 9.67. The van der Waals surface area contributed by atoms with Gasteiger partial charge in [0.05, 0.1) is 12.7 Å². The number of hydrogen-bond donors (Lipinski definition) is 1. The average Bonchev–Trinajstić information content (AvgIpc) is 3.11. The molecule has 0 aromatic heterocycles. The van der Waals surface area contributed by atoms with Crippen molar-refractivity contribution in [2.45, 2.75) is 19.0 Å². The van der Waals surface area contributed by atoms with Gasteiger partial charge >= 0.3 is 6.18 Å². The van der Waals surface area contributed by atoms with Gasteiger partial charge in [0.2, 0.25) is 5.91 Å². The molecule has 18 heavy (non-hydrogen) atoms. The molecule has 1 fully saturated rings. The van der Waals surface area contributed by atoms with E-state index in [1.54, 1.807) is 0 Å². The lowest BCUT2D eigenvalue weighted by molar-refractivity contribution is -0.138. The van der Waals surface area contributed by atoms with Crippen LogP contribution in [0.2, 0.25) is 0 Å². The highest BCUT2D eigenvalue weighted by molar-refractivity contribution is 5.94. The number of ether oxygens (including phenoxy) is 1. The molecule has 0 saturated heterocycles. The number of amides is 1. The van der Waals surface area contributed by atoms with E-state index in [4.69, 9.17) is 0 Å². The Hall–Kier alpha value is -1.72. The lowest BCUT2D eigenvalue weighted by Gasteiger charge is -2.13. The van der Waals surface area contributed by atoms with E-state index in [0.29, 0.717) is 0 Å². The van der Waals surface area contributed by atoms with Gasteiger partial charge in [-0.1, -0.05) is 0 Å². The minimum atomic E-state index is -4.51. The maximum Gasteiger partial charge on any atom is 0.420 e. The highest BCUT2D eigenvalue weighted by Gasteiger charge is 2.35. The fourth-order valence-corrected chi connectivity index (χ4v) is 1.60. The van der Waals surface area contributed by atoms with E-state index >= 15 is 0 Å². The van der Waals surface area contributed by atoms with E-state index < -0.39 is 11.7 Å². The van der Waals surface area contributed by atoms with E-state index in [1.807, 2.05) is 0 Å². The topological polar surface area (TPSA) is 38.3 Å². The molecule has 3 nitrogen and oxygen atoms in total. The van der Waals surface area contributed by atoms with Crippen LogP contribution in [0.3, 0.4) is 0 Å². The number of anilines is 1. The van der Waals surface area contributed by atoms with Crippen LogP contribution in [0.5, 0.6) is 5.75 Å². The quantitative estimate of drug-likeness (QED) is 0.906. The molecular weight excluding hydrogens is 247 g/mol. The maximum atomic E-state index is 12.7. The maximum absolute atomic E-state index is 12.7. The van der Waals surface area contributed by atoms with Crippen LogP contribution < -0.4 is 10.1 Å². The van der Waals surface area contributed by atoms with Crippen LogP contribution >= 0.6 is 0 Å². The number of carbonyl (C=O) groups is 1. The third-order valence-electron chi connectivity index (χ3n) is 2.72. The van der Waals surface area contributed by atoms with E-state index in [1.165, 1.54) is 19.2 Å². The fourth-order valence-electron chi connectivity index (χ4n) is 1.60. The number of carbonyl (C=O) groups excluding carboxylic acids is 1. The Morgan fingerprint density at radius 3 is 2.56 bits per heavy atom. The highest BCUT2D eigenvalue weighted by atomic mass is 19.4. The first-order chi connectivity index (χ1) is 8.41. The second kappa shape index (κ2) is 4.51. The van der Waals surface area contributed by atoms with Crippen LogP contribution in [0.25, 0.3) is 0 Å².